The van der Waals surface area contributed by atoms with E-state index in [4.69, 9.17) is 37.9 Å². The number of halogens is 4. The SMILES string of the molecule is COc1cc2c(Nc3ccc(C)cc3F)ncnc2cc1OCCCN1CCCC1.COc1cc2c(Nc3ccc(F)c(C)c3)ncnc2cc1OCCCCN(C)C.COc1cc2c(Nc3ccc(F)c(C)c3)ncnc2cc1OCCCN(C)C.COc1cc2c(Nc3ccc(F)c(C)c3)ncnc2cc1OCCN1CCCC1. The molecule has 2 aliphatic rings. The number of fused-ring (bicyclic) bond motifs is 4. The third kappa shape index (κ3) is 23.7. The van der Waals surface area contributed by atoms with Gasteiger partial charge in [0.1, 0.15) is 78.5 Å². The molecule has 12 aromatic rings. The first-order valence-electron chi connectivity index (χ1n) is 38.9. The highest BCUT2D eigenvalue weighted by atomic mass is 19.1. The van der Waals surface area contributed by atoms with Crippen LogP contribution in [0.5, 0.6) is 46.0 Å². The number of aromatic nitrogens is 8. The zero-order valence-corrected chi connectivity index (χ0v) is 68.1. The van der Waals surface area contributed by atoms with Gasteiger partial charge in [0.25, 0.3) is 0 Å². The second-order valence-corrected chi connectivity index (χ2v) is 28.9. The predicted octanol–water partition coefficient (Wildman–Crippen LogP) is 17.7. The van der Waals surface area contributed by atoms with Crippen LogP contribution in [0.4, 0.5) is 63.6 Å². The summed E-state index contributed by atoms with van der Waals surface area (Å²) in [5.74, 6) is 6.44. The van der Waals surface area contributed by atoms with E-state index in [9.17, 15) is 17.6 Å². The summed E-state index contributed by atoms with van der Waals surface area (Å²) in [6, 6.07) is 34.5. The highest BCUT2D eigenvalue weighted by Gasteiger charge is 2.20. The van der Waals surface area contributed by atoms with Crippen molar-refractivity contribution in [3.05, 3.63) is 192 Å². The van der Waals surface area contributed by atoms with E-state index < -0.39 is 0 Å². The Hall–Kier alpha value is -11.7. The lowest BCUT2D eigenvalue weighted by Gasteiger charge is -2.17. The lowest BCUT2D eigenvalue weighted by molar-refractivity contribution is 0.230. The molecule has 0 bridgehead atoms. The quantitative estimate of drug-likeness (QED) is 0.0226. The number of aryl methyl sites for hydroxylation is 4. The van der Waals surface area contributed by atoms with Gasteiger partial charge in [-0.1, -0.05) is 6.07 Å². The van der Waals surface area contributed by atoms with Crippen molar-refractivity contribution in [1.29, 1.82) is 0 Å². The van der Waals surface area contributed by atoms with Crippen LogP contribution in [-0.2, 0) is 0 Å². The predicted molar refractivity (Wildman–Crippen MR) is 451 cm³/mol. The van der Waals surface area contributed by atoms with Crippen molar-refractivity contribution < 1.29 is 55.5 Å². The normalized spacial score (nSPS) is 12.7. The number of hydrogen-bond acceptors (Lipinski definition) is 24. The van der Waals surface area contributed by atoms with Gasteiger partial charge in [0.2, 0.25) is 0 Å². The molecule has 2 fully saturated rings. The summed E-state index contributed by atoms with van der Waals surface area (Å²) in [7, 11) is 14.6. The molecule has 2 aliphatic heterocycles. The van der Waals surface area contributed by atoms with Crippen LogP contribution >= 0.6 is 0 Å². The third-order valence-electron chi connectivity index (χ3n) is 19.5. The fourth-order valence-electron chi connectivity index (χ4n) is 13.2. The summed E-state index contributed by atoms with van der Waals surface area (Å²) >= 11 is 0. The Kier molecular flexibility index (Phi) is 30.9. The van der Waals surface area contributed by atoms with Crippen molar-refractivity contribution in [2.75, 3.05) is 157 Å². The van der Waals surface area contributed by atoms with E-state index in [0.29, 0.717) is 124 Å². The third-order valence-corrected chi connectivity index (χ3v) is 19.5. The smallest absolute Gasteiger partial charge is 0.163 e. The average Bonchev–Trinajstić information content (AvgIpc) is 0.897. The Morgan fingerprint density at radius 2 is 0.672 bits per heavy atom. The van der Waals surface area contributed by atoms with E-state index in [2.05, 4.69) is 94.8 Å². The molecule has 0 aliphatic carbocycles. The fraction of sp³-hybridized carbons (Fsp3) is 0.364. The summed E-state index contributed by atoms with van der Waals surface area (Å²) < 4.78 is 101. The molecular formula is C88H104F4N16O8. The molecule has 4 aromatic heterocycles. The van der Waals surface area contributed by atoms with E-state index in [-0.39, 0.29) is 23.3 Å². The second-order valence-electron chi connectivity index (χ2n) is 28.9. The molecule has 28 heteroatoms. The number of rotatable bonds is 32. The van der Waals surface area contributed by atoms with Crippen LogP contribution in [0.15, 0.2) is 147 Å². The van der Waals surface area contributed by atoms with Crippen LogP contribution in [-0.4, -0.2) is 195 Å². The van der Waals surface area contributed by atoms with E-state index in [1.54, 1.807) is 91.7 Å². The highest BCUT2D eigenvalue weighted by molar-refractivity contribution is 5.96. The van der Waals surface area contributed by atoms with Crippen molar-refractivity contribution in [3.8, 4) is 46.0 Å². The number of nitrogens with one attached hydrogen (secondary N) is 4. The minimum atomic E-state index is -0.327. The van der Waals surface area contributed by atoms with Crippen molar-refractivity contribution in [3.63, 3.8) is 0 Å². The Morgan fingerprint density at radius 1 is 0.336 bits per heavy atom. The van der Waals surface area contributed by atoms with Crippen LogP contribution in [0, 0.1) is 51.0 Å². The van der Waals surface area contributed by atoms with Gasteiger partial charge < -0.3 is 73.9 Å². The molecular weight excluding hydrogens is 1490 g/mol. The molecule has 4 N–H and O–H groups in total. The zero-order chi connectivity index (χ0) is 82.0. The van der Waals surface area contributed by atoms with Gasteiger partial charge in [-0.25, -0.2) is 57.4 Å². The Labute approximate surface area is 675 Å². The number of nitrogens with zero attached hydrogens (tertiary/aromatic N) is 12. The molecule has 0 radical (unpaired) electrons. The largest absolute Gasteiger partial charge is 0.493 e. The summed E-state index contributed by atoms with van der Waals surface area (Å²) in [5.41, 5.74) is 8.11. The minimum Gasteiger partial charge on any atom is -0.493 e. The van der Waals surface area contributed by atoms with Gasteiger partial charge in [0.15, 0.2) is 46.0 Å². The molecule has 2 saturated heterocycles. The number of benzene rings is 8. The van der Waals surface area contributed by atoms with Crippen molar-refractivity contribution in [1.82, 2.24) is 59.5 Å². The molecule has 0 unspecified atom stereocenters. The van der Waals surface area contributed by atoms with Gasteiger partial charge in [-0.3, -0.25) is 4.90 Å². The van der Waals surface area contributed by atoms with Gasteiger partial charge >= 0.3 is 0 Å². The van der Waals surface area contributed by atoms with Crippen LogP contribution in [0.25, 0.3) is 43.6 Å². The van der Waals surface area contributed by atoms with Crippen molar-refractivity contribution >= 4 is 89.6 Å². The fourth-order valence-corrected chi connectivity index (χ4v) is 13.2. The van der Waals surface area contributed by atoms with Crippen LogP contribution in [0.2, 0.25) is 0 Å². The minimum absolute atomic E-state index is 0.236. The summed E-state index contributed by atoms with van der Waals surface area (Å²) in [5, 5.41) is 15.9. The van der Waals surface area contributed by atoms with Crippen LogP contribution in [0.3, 0.4) is 0 Å². The summed E-state index contributed by atoms with van der Waals surface area (Å²) in [4.78, 5) is 43.9. The first kappa shape index (κ1) is 85.2. The summed E-state index contributed by atoms with van der Waals surface area (Å²) in [6.07, 6.45) is 15.0. The zero-order valence-electron chi connectivity index (χ0n) is 68.1. The topological polar surface area (TPSA) is 238 Å². The lowest BCUT2D eigenvalue weighted by atomic mass is 10.2. The van der Waals surface area contributed by atoms with Crippen LogP contribution < -0.4 is 59.2 Å². The number of likely N-dealkylation sites (tertiary alicyclic amines) is 2. The Balaban J connectivity index is 0.000000152. The maximum absolute atomic E-state index is 14.3. The lowest BCUT2D eigenvalue weighted by Crippen LogP contribution is -2.25. The van der Waals surface area contributed by atoms with Crippen LogP contribution in [0.1, 0.15) is 73.6 Å². The maximum atomic E-state index is 14.3. The molecule has 116 heavy (non-hydrogen) atoms. The van der Waals surface area contributed by atoms with E-state index in [1.165, 1.54) is 88.3 Å². The molecule has 14 rings (SSSR count). The average molecular weight is 1590 g/mol. The monoisotopic (exact) mass is 1590 g/mol. The van der Waals surface area contributed by atoms with Crippen molar-refractivity contribution in [2.24, 2.45) is 0 Å². The number of hydrogen-bond donors (Lipinski definition) is 4. The number of ether oxygens (including phenoxy) is 8. The number of unbranched alkanes of at least 4 members (excludes halogenated alkanes) is 1. The molecule has 0 amide bonds. The van der Waals surface area contributed by atoms with Crippen molar-refractivity contribution in [2.45, 2.75) is 79.1 Å². The first-order chi connectivity index (χ1) is 56.2. The molecule has 0 atom stereocenters. The maximum Gasteiger partial charge on any atom is 0.163 e. The molecule has 0 spiro atoms. The van der Waals surface area contributed by atoms with E-state index >= 15 is 0 Å². The van der Waals surface area contributed by atoms with Gasteiger partial charge in [0.05, 0.1) is 76.0 Å². The molecule has 0 saturated carbocycles. The first-order valence-corrected chi connectivity index (χ1v) is 38.9. The van der Waals surface area contributed by atoms with E-state index in [0.717, 1.165) is 126 Å². The Bertz CT molecular complexity index is 5250. The van der Waals surface area contributed by atoms with Gasteiger partial charge in [-0.15, -0.1) is 0 Å². The Morgan fingerprint density at radius 3 is 1.03 bits per heavy atom. The standard InChI is InChI=1S/C23H27FN4O2.C22H25FN4O2.C22H27FN4O2.C21H25FN4O2/c1-16-6-7-19(18(24)12-16)27-23-17-13-21(29-2)22(14-20(17)25-15-26-23)30-11-5-10-28-8-3-4-9-28;1-15-11-16(5-6-18(15)23)26-22-17-12-20(28-2)21(13-19(17)24-14-25-22)29-10-9-27-7-3-4-8-27;1-15-11-16(7-8-18(15)23)26-22-17-12-20(28-4)21(13-19(17)24-14-25-22)29-10-6-5-9-27(2)3;1-14-10-15(6-7-17(14)22)25-21-16-11-19(27-4)20(12-18(16)23-13-24-21)28-9-5-8-26(2)3/h6-7,12-15H,3-5,8-11H2,1-2H3,(H,25,26,27);5-6,11-14H,3-4,7-10H2,1-2H3,(H,24,25,26);7-8,11-14H,5-6,9-10H2,1-4H3,(H,24,25,26);6-7,10-13H,5,8-9H2,1-4H3,(H,23,24,25). The van der Waals surface area contributed by atoms with E-state index in [1.807, 2.05) is 75.6 Å². The van der Waals surface area contributed by atoms with Gasteiger partial charge in [-0.05, 0) is 253 Å². The van der Waals surface area contributed by atoms with Gasteiger partial charge in [0, 0.05) is 82.5 Å². The number of methoxy groups -OCH3 is 4. The number of anilines is 8. The molecule has 612 valence electrons. The molecule has 6 heterocycles. The van der Waals surface area contributed by atoms with Gasteiger partial charge in [-0.2, -0.15) is 0 Å². The highest BCUT2D eigenvalue weighted by Crippen LogP contribution is 2.40. The molecule has 8 aromatic carbocycles. The molecule has 24 nitrogen and oxygen atoms in total. The summed E-state index contributed by atoms with van der Waals surface area (Å²) in [6.45, 7) is 18.0. The second kappa shape index (κ2) is 42.1.